The third-order valence-corrected chi connectivity index (χ3v) is 5.56. The third kappa shape index (κ3) is 6.60. The fourth-order valence-corrected chi connectivity index (χ4v) is 3.72. The number of hydrogen-bond acceptors (Lipinski definition) is 5. The number of nitrogens with zero attached hydrogens (tertiary/aromatic N) is 3. The van der Waals surface area contributed by atoms with E-state index in [9.17, 15) is 0 Å². The number of methoxy groups -OCH3 is 1. The van der Waals surface area contributed by atoms with Gasteiger partial charge in [0.05, 0.1) is 26.4 Å². The van der Waals surface area contributed by atoms with Gasteiger partial charge in [0.1, 0.15) is 5.75 Å². The van der Waals surface area contributed by atoms with Gasteiger partial charge in [-0.3, -0.25) is 9.89 Å². The molecule has 31 heavy (non-hydrogen) atoms. The van der Waals surface area contributed by atoms with E-state index in [0.29, 0.717) is 6.54 Å². The first-order valence-electron chi connectivity index (χ1n) is 10.8. The van der Waals surface area contributed by atoms with Crippen molar-refractivity contribution < 1.29 is 9.47 Å². The average Bonchev–Trinajstić information content (AvgIpc) is 2.82. The molecule has 0 saturated carbocycles. The minimum Gasteiger partial charge on any atom is -0.497 e. The van der Waals surface area contributed by atoms with Crippen molar-refractivity contribution in [2.45, 2.75) is 12.6 Å². The number of benzene rings is 2. The van der Waals surface area contributed by atoms with Crippen molar-refractivity contribution in [2.75, 3.05) is 66.0 Å². The van der Waals surface area contributed by atoms with E-state index in [0.717, 1.165) is 44.6 Å². The molecule has 0 aromatic heterocycles. The first-order valence-corrected chi connectivity index (χ1v) is 10.8. The van der Waals surface area contributed by atoms with Gasteiger partial charge in [0.2, 0.25) is 0 Å². The molecule has 7 heteroatoms. The molecule has 2 N–H and O–H groups in total. The van der Waals surface area contributed by atoms with Crippen LogP contribution in [0.5, 0.6) is 5.75 Å². The molecule has 0 bridgehead atoms. The minimum atomic E-state index is 0.227. The van der Waals surface area contributed by atoms with Gasteiger partial charge in [-0.05, 0) is 35.4 Å². The van der Waals surface area contributed by atoms with E-state index in [-0.39, 0.29) is 6.04 Å². The van der Waals surface area contributed by atoms with Crippen LogP contribution in [0.3, 0.4) is 0 Å². The molecular weight excluding hydrogens is 390 g/mol. The Bertz CT molecular complexity index is 832. The second-order valence-corrected chi connectivity index (χ2v) is 7.81. The molecule has 0 aliphatic carbocycles. The number of rotatable bonds is 8. The van der Waals surface area contributed by atoms with Crippen molar-refractivity contribution in [3.05, 3.63) is 59.7 Å². The highest BCUT2D eigenvalue weighted by atomic mass is 16.5. The van der Waals surface area contributed by atoms with Crippen molar-refractivity contribution >= 4 is 11.6 Å². The van der Waals surface area contributed by atoms with Crippen LogP contribution in [0, 0.1) is 0 Å². The lowest BCUT2D eigenvalue weighted by Gasteiger charge is -2.35. The second kappa shape index (κ2) is 11.6. The summed E-state index contributed by atoms with van der Waals surface area (Å²) in [6.45, 7) is 4.84. The number of guanidine groups is 1. The monoisotopic (exact) mass is 425 g/mol. The lowest BCUT2D eigenvalue weighted by atomic mass is 10.0. The van der Waals surface area contributed by atoms with E-state index in [4.69, 9.17) is 9.47 Å². The first-order chi connectivity index (χ1) is 15.1. The number of ether oxygens (including phenoxy) is 2. The molecule has 1 unspecified atom stereocenters. The molecule has 1 atom stereocenters. The molecule has 7 nitrogen and oxygen atoms in total. The van der Waals surface area contributed by atoms with Gasteiger partial charge >= 0.3 is 0 Å². The quantitative estimate of drug-likeness (QED) is 0.501. The largest absolute Gasteiger partial charge is 0.497 e. The Hall–Kier alpha value is -2.77. The summed E-state index contributed by atoms with van der Waals surface area (Å²) in [5.41, 5.74) is 3.66. The zero-order chi connectivity index (χ0) is 22.1. The Balaban J connectivity index is 1.63. The lowest BCUT2D eigenvalue weighted by Crippen LogP contribution is -2.46. The standard InChI is InChI=1S/C24H35N5O2/c1-25-24(26-17-19-6-5-7-21(16-19)28(2)3)27-18-23(29-12-14-31-15-13-29)20-8-10-22(30-4)11-9-20/h5-11,16,23H,12-15,17-18H2,1-4H3,(H2,25,26,27). The van der Waals surface area contributed by atoms with E-state index >= 15 is 0 Å². The van der Waals surface area contributed by atoms with Gasteiger partial charge in [-0.2, -0.15) is 0 Å². The minimum absolute atomic E-state index is 0.227. The molecular formula is C24H35N5O2. The summed E-state index contributed by atoms with van der Waals surface area (Å²) in [4.78, 5) is 8.99. The fraction of sp³-hybridized carbons (Fsp3) is 0.458. The smallest absolute Gasteiger partial charge is 0.191 e. The van der Waals surface area contributed by atoms with E-state index in [1.54, 1.807) is 7.11 Å². The van der Waals surface area contributed by atoms with Crippen LogP contribution >= 0.6 is 0 Å². The molecule has 3 rings (SSSR count). The lowest BCUT2D eigenvalue weighted by molar-refractivity contribution is 0.0170. The summed E-state index contributed by atoms with van der Waals surface area (Å²) in [7, 11) is 7.61. The van der Waals surface area contributed by atoms with Crippen LogP contribution in [-0.2, 0) is 11.3 Å². The van der Waals surface area contributed by atoms with Gasteiger partial charge in [0, 0.05) is 53.0 Å². The summed E-state index contributed by atoms with van der Waals surface area (Å²) in [6, 6.07) is 17.1. The average molecular weight is 426 g/mol. The van der Waals surface area contributed by atoms with E-state index < -0.39 is 0 Å². The van der Waals surface area contributed by atoms with Crippen LogP contribution in [-0.4, -0.2) is 72.0 Å². The van der Waals surface area contributed by atoms with Gasteiger partial charge in [-0.25, -0.2) is 0 Å². The predicted octanol–water partition coefficient (Wildman–Crippen LogP) is 2.50. The number of morpholine rings is 1. The molecule has 168 valence electrons. The zero-order valence-electron chi connectivity index (χ0n) is 19.1. The molecule has 1 saturated heterocycles. The second-order valence-electron chi connectivity index (χ2n) is 7.81. The van der Waals surface area contributed by atoms with Gasteiger partial charge in [0.15, 0.2) is 5.96 Å². The van der Waals surface area contributed by atoms with E-state index in [1.165, 1.54) is 16.8 Å². The molecule has 0 amide bonds. The van der Waals surface area contributed by atoms with Crippen LogP contribution < -0.4 is 20.3 Å². The topological polar surface area (TPSA) is 61.4 Å². The van der Waals surface area contributed by atoms with Crippen LogP contribution in [0.2, 0.25) is 0 Å². The molecule has 2 aromatic rings. The van der Waals surface area contributed by atoms with Gasteiger partial charge in [-0.15, -0.1) is 0 Å². The Morgan fingerprint density at radius 1 is 1.13 bits per heavy atom. The summed E-state index contributed by atoms with van der Waals surface area (Å²) in [6.07, 6.45) is 0. The van der Waals surface area contributed by atoms with Crippen LogP contribution in [0.4, 0.5) is 5.69 Å². The molecule has 0 spiro atoms. The van der Waals surface area contributed by atoms with Gasteiger partial charge in [-0.1, -0.05) is 24.3 Å². The fourth-order valence-electron chi connectivity index (χ4n) is 3.72. The predicted molar refractivity (Wildman–Crippen MR) is 127 cm³/mol. The van der Waals surface area contributed by atoms with Crippen molar-refractivity contribution in [1.29, 1.82) is 0 Å². The van der Waals surface area contributed by atoms with Crippen molar-refractivity contribution in [1.82, 2.24) is 15.5 Å². The zero-order valence-corrected chi connectivity index (χ0v) is 19.1. The molecule has 1 heterocycles. The summed E-state index contributed by atoms with van der Waals surface area (Å²) >= 11 is 0. The van der Waals surface area contributed by atoms with E-state index in [1.807, 2.05) is 19.2 Å². The van der Waals surface area contributed by atoms with Crippen LogP contribution in [0.1, 0.15) is 17.2 Å². The number of hydrogen-bond donors (Lipinski definition) is 2. The molecule has 1 aliphatic heterocycles. The summed E-state index contributed by atoms with van der Waals surface area (Å²) in [5.74, 6) is 1.66. The first kappa shape index (κ1) is 22.9. The molecule has 2 aromatic carbocycles. The Morgan fingerprint density at radius 2 is 1.87 bits per heavy atom. The Morgan fingerprint density at radius 3 is 2.52 bits per heavy atom. The highest BCUT2D eigenvalue weighted by Crippen LogP contribution is 2.23. The van der Waals surface area contributed by atoms with Crippen molar-refractivity contribution in [3.8, 4) is 5.75 Å². The maximum Gasteiger partial charge on any atom is 0.191 e. The maximum atomic E-state index is 5.56. The SMILES string of the molecule is CN=C(NCc1cccc(N(C)C)c1)NCC(c1ccc(OC)cc1)N1CCOCC1. The number of aliphatic imine (C=N–C) groups is 1. The number of nitrogens with one attached hydrogen (secondary N) is 2. The molecule has 0 radical (unpaired) electrons. The van der Waals surface area contributed by atoms with Gasteiger partial charge < -0.3 is 25.0 Å². The van der Waals surface area contributed by atoms with Gasteiger partial charge in [0.25, 0.3) is 0 Å². The van der Waals surface area contributed by atoms with Crippen molar-refractivity contribution in [3.63, 3.8) is 0 Å². The van der Waals surface area contributed by atoms with Crippen molar-refractivity contribution in [2.24, 2.45) is 4.99 Å². The van der Waals surface area contributed by atoms with Crippen LogP contribution in [0.15, 0.2) is 53.5 Å². The highest BCUT2D eigenvalue weighted by molar-refractivity contribution is 5.79. The maximum absolute atomic E-state index is 5.56. The molecule has 1 fully saturated rings. The Labute approximate surface area is 186 Å². The van der Waals surface area contributed by atoms with E-state index in [2.05, 4.69) is 75.9 Å². The number of anilines is 1. The summed E-state index contributed by atoms with van der Waals surface area (Å²) < 4.78 is 10.9. The third-order valence-electron chi connectivity index (χ3n) is 5.56. The summed E-state index contributed by atoms with van der Waals surface area (Å²) in [5, 5.41) is 6.95. The highest BCUT2D eigenvalue weighted by Gasteiger charge is 2.23. The normalized spacial score (nSPS) is 15.9. The molecule has 1 aliphatic rings. The Kier molecular flexibility index (Phi) is 8.55. The van der Waals surface area contributed by atoms with Crippen LogP contribution in [0.25, 0.3) is 0 Å².